The van der Waals surface area contributed by atoms with Gasteiger partial charge in [0.2, 0.25) is 0 Å². The van der Waals surface area contributed by atoms with Gasteiger partial charge in [-0.2, -0.15) is 5.10 Å². The molecule has 6 heteroatoms. The van der Waals surface area contributed by atoms with Crippen LogP contribution in [0.15, 0.2) is 30.3 Å². The number of benzene rings is 1. The van der Waals surface area contributed by atoms with Crippen molar-refractivity contribution in [3.05, 3.63) is 58.4 Å². The number of aromatic nitrogens is 2. The monoisotopic (exact) mass is 354 g/mol. The van der Waals surface area contributed by atoms with Crippen LogP contribution in [-0.4, -0.2) is 39.3 Å². The predicted molar refractivity (Wildman–Crippen MR) is 101 cm³/mol. The van der Waals surface area contributed by atoms with Gasteiger partial charge in [0.25, 0.3) is 5.91 Å². The van der Waals surface area contributed by atoms with Gasteiger partial charge in [-0.3, -0.25) is 20.0 Å². The summed E-state index contributed by atoms with van der Waals surface area (Å²) in [5.74, 6) is -0.527. The quantitative estimate of drug-likeness (QED) is 0.423. The van der Waals surface area contributed by atoms with Gasteiger partial charge in [-0.25, -0.2) is 5.48 Å². The summed E-state index contributed by atoms with van der Waals surface area (Å²) in [4.78, 5) is 13.6. The van der Waals surface area contributed by atoms with E-state index in [1.807, 2.05) is 12.1 Å². The number of hydrogen-bond acceptors (Lipinski definition) is 4. The molecule has 1 aromatic heterocycles. The Kier molecular flexibility index (Phi) is 5.85. The number of carbonyl (C=O) groups excluding carboxylic acids is 1. The van der Waals surface area contributed by atoms with Crippen LogP contribution < -0.4 is 5.48 Å². The van der Waals surface area contributed by atoms with Crippen molar-refractivity contribution in [1.29, 1.82) is 0 Å². The van der Waals surface area contributed by atoms with Crippen LogP contribution in [0.1, 0.15) is 47.0 Å². The first-order valence-electron chi connectivity index (χ1n) is 9.05. The molecule has 1 saturated heterocycles. The first-order chi connectivity index (χ1) is 12.6. The molecule has 1 atom stereocenters. The van der Waals surface area contributed by atoms with Crippen LogP contribution in [0.2, 0.25) is 0 Å². The highest BCUT2D eigenvalue weighted by Crippen LogP contribution is 2.32. The molecule has 0 bridgehead atoms. The summed E-state index contributed by atoms with van der Waals surface area (Å²) >= 11 is 0. The Morgan fingerprint density at radius 3 is 2.81 bits per heavy atom. The van der Waals surface area contributed by atoms with Gasteiger partial charge in [0.1, 0.15) is 0 Å². The van der Waals surface area contributed by atoms with E-state index in [-0.39, 0.29) is 0 Å². The zero-order chi connectivity index (χ0) is 18.5. The molecule has 3 rings (SSSR count). The Bertz CT molecular complexity index is 760. The van der Waals surface area contributed by atoms with Gasteiger partial charge in [-0.15, -0.1) is 0 Å². The number of nitrogens with zero attached hydrogens (tertiary/aromatic N) is 2. The number of carbonyl (C=O) groups is 1. The molecular formula is C20H26N4O2. The Morgan fingerprint density at radius 1 is 1.38 bits per heavy atom. The lowest BCUT2D eigenvalue weighted by Gasteiger charge is -2.25. The van der Waals surface area contributed by atoms with E-state index in [0.29, 0.717) is 6.04 Å². The van der Waals surface area contributed by atoms with E-state index < -0.39 is 5.91 Å². The van der Waals surface area contributed by atoms with Gasteiger partial charge >= 0.3 is 0 Å². The van der Waals surface area contributed by atoms with E-state index in [1.165, 1.54) is 35.7 Å². The molecular weight excluding hydrogens is 328 g/mol. The fourth-order valence-corrected chi connectivity index (χ4v) is 3.71. The molecule has 0 aliphatic carbocycles. The number of aromatic amines is 1. The van der Waals surface area contributed by atoms with Crippen LogP contribution in [0.3, 0.4) is 0 Å². The van der Waals surface area contributed by atoms with Gasteiger partial charge in [0, 0.05) is 24.4 Å². The Hall–Kier alpha value is -2.44. The van der Waals surface area contributed by atoms with Crippen LogP contribution in [-0.2, 0) is 11.2 Å². The summed E-state index contributed by atoms with van der Waals surface area (Å²) < 4.78 is 0. The standard InChI is InChI=1S/C20H26N4O2/c1-14-18(15(2)22-21-14)11-13-24-12-3-4-19(24)17-8-5-16(6-9-17)7-10-20(25)23-26/h5-10,19,26H,3-4,11-13H2,1-2H3,(H,21,22)(H,23,25)/t19-/m0/s1. The zero-order valence-corrected chi connectivity index (χ0v) is 15.3. The third kappa shape index (κ3) is 4.20. The lowest BCUT2D eigenvalue weighted by atomic mass is 10.0. The third-order valence-corrected chi connectivity index (χ3v) is 5.15. The molecule has 26 heavy (non-hydrogen) atoms. The highest BCUT2D eigenvalue weighted by Gasteiger charge is 2.25. The van der Waals surface area contributed by atoms with Crippen LogP contribution >= 0.6 is 0 Å². The molecule has 1 aromatic carbocycles. The molecule has 138 valence electrons. The van der Waals surface area contributed by atoms with Crippen molar-refractivity contribution < 1.29 is 10.0 Å². The Labute approximate surface area is 153 Å². The minimum absolute atomic E-state index is 0.446. The topological polar surface area (TPSA) is 81.2 Å². The molecule has 0 radical (unpaired) electrons. The first kappa shape index (κ1) is 18.4. The number of nitrogens with one attached hydrogen (secondary N) is 2. The van der Waals surface area contributed by atoms with Crippen molar-refractivity contribution in [3.8, 4) is 0 Å². The predicted octanol–water partition coefficient (Wildman–Crippen LogP) is 2.92. The lowest BCUT2D eigenvalue weighted by Crippen LogP contribution is -2.26. The molecule has 1 aliphatic heterocycles. The minimum Gasteiger partial charge on any atom is -0.296 e. The molecule has 0 spiro atoms. The van der Waals surface area contributed by atoms with Crippen LogP contribution in [0.25, 0.3) is 6.08 Å². The number of hydrogen-bond donors (Lipinski definition) is 3. The highest BCUT2D eigenvalue weighted by atomic mass is 16.5. The molecule has 6 nitrogen and oxygen atoms in total. The fourth-order valence-electron chi connectivity index (χ4n) is 3.71. The number of H-pyrrole nitrogens is 1. The molecule has 3 N–H and O–H groups in total. The van der Waals surface area contributed by atoms with Gasteiger partial charge in [-0.05, 0) is 62.4 Å². The van der Waals surface area contributed by atoms with E-state index in [1.54, 1.807) is 11.6 Å². The second-order valence-corrected chi connectivity index (χ2v) is 6.83. The largest absolute Gasteiger partial charge is 0.296 e. The maximum Gasteiger partial charge on any atom is 0.267 e. The smallest absolute Gasteiger partial charge is 0.267 e. The van der Waals surface area contributed by atoms with Crippen molar-refractivity contribution >= 4 is 12.0 Å². The Balaban J connectivity index is 1.64. The fraction of sp³-hybridized carbons (Fsp3) is 0.400. The van der Waals surface area contributed by atoms with Crippen molar-refractivity contribution in [2.24, 2.45) is 0 Å². The van der Waals surface area contributed by atoms with E-state index in [9.17, 15) is 4.79 Å². The van der Waals surface area contributed by atoms with Gasteiger partial charge in [-0.1, -0.05) is 24.3 Å². The second kappa shape index (κ2) is 8.29. The van der Waals surface area contributed by atoms with E-state index in [2.05, 4.69) is 41.1 Å². The van der Waals surface area contributed by atoms with Crippen LogP contribution in [0.5, 0.6) is 0 Å². The van der Waals surface area contributed by atoms with E-state index in [0.717, 1.165) is 30.8 Å². The van der Waals surface area contributed by atoms with Crippen molar-refractivity contribution in [3.63, 3.8) is 0 Å². The number of likely N-dealkylation sites (tertiary alicyclic amines) is 1. The molecule has 1 aliphatic rings. The van der Waals surface area contributed by atoms with Crippen molar-refractivity contribution in [2.45, 2.75) is 39.2 Å². The number of rotatable bonds is 6. The normalized spacial score (nSPS) is 17.9. The molecule has 1 amide bonds. The van der Waals surface area contributed by atoms with Crippen molar-refractivity contribution in [1.82, 2.24) is 20.6 Å². The minimum atomic E-state index is -0.527. The average molecular weight is 354 g/mol. The van der Waals surface area contributed by atoms with E-state index in [4.69, 9.17) is 5.21 Å². The Morgan fingerprint density at radius 2 is 2.15 bits per heavy atom. The number of hydroxylamine groups is 1. The molecule has 0 unspecified atom stereocenters. The molecule has 2 heterocycles. The number of amides is 1. The van der Waals surface area contributed by atoms with Crippen LogP contribution in [0, 0.1) is 13.8 Å². The third-order valence-electron chi connectivity index (χ3n) is 5.15. The highest BCUT2D eigenvalue weighted by molar-refractivity contribution is 5.90. The average Bonchev–Trinajstić information content (AvgIpc) is 3.25. The zero-order valence-electron chi connectivity index (χ0n) is 15.3. The summed E-state index contributed by atoms with van der Waals surface area (Å²) in [6.45, 7) is 6.30. The van der Waals surface area contributed by atoms with Gasteiger partial charge in [0.05, 0.1) is 5.69 Å². The maximum atomic E-state index is 11.1. The lowest BCUT2D eigenvalue weighted by molar-refractivity contribution is -0.124. The summed E-state index contributed by atoms with van der Waals surface area (Å²) in [7, 11) is 0. The van der Waals surface area contributed by atoms with Gasteiger partial charge in [0.15, 0.2) is 0 Å². The number of aryl methyl sites for hydroxylation is 2. The van der Waals surface area contributed by atoms with E-state index >= 15 is 0 Å². The summed E-state index contributed by atoms with van der Waals surface area (Å²) in [6, 6.07) is 8.73. The first-order valence-corrected chi connectivity index (χ1v) is 9.05. The van der Waals surface area contributed by atoms with Gasteiger partial charge < -0.3 is 0 Å². The molecule has 2 aromatic rings. The molecule has 1 fully saturated rings. The van der Waals surface area contributed by atoms with Crippen molar-refractivity contribution in [2.75, 3.05) is 13.1 Å². The molecule has 0 saturated carbocycles. The second-order valence-electron chi connectivity index (χ2n) is 6.83. The summed E-state index contributed by atoms with van der Waals surface area (Å²) in [5, 5.41) is 15.9. The maximum absolute atomic E-state index is 11.1. The summed E-state index contributed by atoms with van der Waals surface area (Å²) in [6.07, 6.45) is 6.40. The summed E-state index contributed by atoms with van der Waals surface area (Å²) in [5.41, 5.74) is 7.44. The SMILES string of the molecule is Cc1n[nH]c(C)c1CCN1CCC[C@H]1c1ccc(C=CC(=O)NO)cc1. The van der Waals surface area contributed by atoms with Crippen LogP contribution in [0.4, 0.5) is 0 Å².